The lowest BCUT2D eigenvalue weighted by Gasteiger charge is -2.23. The van der Waals surface area contributed by atoms with Crippen molar-refractivity contribution in [2.75, 3.05) is 11.9 Å². The molecule has 0 spiro atoms. The summed E-state index contributed by atoms with van der Waals surface area (Å²) in [6.07, 6.45) is 0.390. The zero-order valence-electron chi connectivity index (χ0n) is 14.0. The minimum atomic E-state index is -0.866. The van der Waals surface area contributed by atoms with Crippen molar-refractivity contribution in [3.8, 4) is 0 Å². The highest BCUT2D eigenvalue weighted by atomic mass is 19.1. The largest absolute Gasteiger partial charge is 0.445 e. The lowest BCUT2D eigenvalue weighted by Crippen LogP contribution is -2.43. The van der Waals surface area contributed by atoms with Gasteiger partial charge in [0.25, 0.3) is 0 Å². The zero-order chi connectivity index (χ0) is 18.5. The molecule has 1 N–H and O–H groups in total. The lowest BCUT2D eigenvalue weighted by atomic mass is 10.2. The van der Waals surface area contributed by atoms with Gasteiger partial charge in [-0.25, -0.2) is 13.6 Å². The van der Waals surface area contributed by atoms with Gasteiger partial charge in [0.15, 0.2) is 0 Å². The first kappa shape index (κ1) is 17.8. The first-order chi connectivity index (χ1) is 12.6. The molecule has 1 fully saturated rings. The predicted molar refractivity (Wildman–Crippen MR) is 91.3 cm³/mol. The number of anilines is 1. The topological polar surface area (TPSA) is 58.6 Å². The Labute approximate surface area is 149 Å². The van der Waals surface area contributed by atoms with Crippen LogP contribution in [0.4, 0.5) is 19.3 Å². The van der Waals surface area contributed by atoms with Gasteiger partial charge in [-0.05, 0) is 30.5 Å². The molecule has 1 saturated heterocycles. The summed E-state index contributed by atoms with van der Waals surface area (Å²) in [5.74, 6) is -2.37. The van der Waals surface area contributed by atoms with Gasteiger partial charge in [0.05, 0.1) is 0 Å². The smallest absolute Gasteiger partial charge is 0.410 e. The van der Waals surface area contributed by atoms with Crippen LogP contribution in [-0.2, 0) is 16.1 Å². The average molecular weight is 360 g/mol. The number of para-hydroxylation sites is 1. The SMILES string of the molecule is O=C(Nc1c(F)cccc1F)[C@H]1CCCN1C(=O)OCc1ccccc1. The van der Waals surface area contributed by atoms with E-state index in [1.807, 2.05) is 30.3 Å². The number of ether oxygens (including phenoxy) is 1. The second-order valence-electron chi connectivity index (χ2n) is 5.98. The lowest BCUT2D eigenvalue weighted by molar-refractivity contribution is -0.120. The van der Waals surface area contributed by atoms with Gasteiger partial charge < -0.3 is 10.1 Å². The average Bonchev–Trinajstić information content (AvgIpc) is 3.13. The van der Waals surface area contributed by atoms with E-state index >= 15 is 0 Å². The maximum atomic E-state index is 13.7. The number of amides is 2. The Balaban J connectivity index is 1.63. The van der Waals surface area contributed by atoms with Crippen LogP contribution in [-0.4, -0.2) is 29.5 Å². The van der Waals surface area contributed by atoms with Crippen LogP contribution in [0.1, 0.15) is 18.4 Å². The Bertz CT molecular complexity index is 778. The van der Waals surface area contributed by atoms with Gasteiger partial charge in [0, 0.05) is 6.54 Å². The maximum Gasteiger partial charge on any atom is 0.410 e. The van der Waals surface area contributed by atoms with Gasteiger partial charge in [0.1, 0.15) is 30.0 Å². The monoisotopic (exact) mass is 360 g/mol. The fraction of sp³-hybridized carbons (Fsp3) is 0.263. The van der Waals surface area contributed by atoms with Crippen molar-refractivity contribution in [2.24, 2.45) is 0 Å². The summed E-state index contributed by atoms with van der Waals surface area (Å²) in [5, 5.41) is 2.24. The Kier molecular flexibility index (Phi) is 5.46. The molecule has 26 heavy (non-hydrogen) atoms. The molecule has 0 aliphatic carbocycles. The Hall–Kier alpha value is -2.96. The Morgan fingerprint density at radius 2 is 1.77 bits per heavy atom. The van der Waals surface area contributed by atoms with Crippen LogP contribution in [0.3, 0.4) is 0 Å². The molecule has 5 nitrogen and oxygen atoms in total. The van der Waals surface area contributed by atoms with Crippen molar-refractivity contribution < 1.29 is 23.1 Å². The summed E-state index contributed by atoms with van der Waals surface area (Å²) in [4.78, 5) is 26.0. The third-order valence-electron chi connectivity index (χ3n) is 4.21. The molecule has 1 aliphatic rings. The molecule has 1 aliphatic heterocycles. The summed E-state index contributed by atoms with van der Waals surface area (Å²) in [6.45, 7) is 0.442. The summed E-state index contributed by atoms with van der Waals surface area (Å²) >= 11 is 0. The third kappa shape index (κ3) is 3.99. The molecule has 3 rings (SSSR count). The molecular weight excluding hydrogens is 342 g/mol. The molecule has 2 amide bonds. The number of carbonyl (C=O) groups excluding carboxylic acids is 2. The van der Waals surface area contributed by atoms with Gasteiger partial charge in [0.2, 0.25) is 5.91 Å². The Morgan fingerprint density at radius 1 is 1.08 bits per heavy atom. The highest BCUT2D eigenvalue weighted by Gasteiger charge is 2.35. The molecule has 0 unspecified atom stereocenters. The highest BCUT2D eigenvalue weighted by molar-refractivity contribution is 5.97. The molecular formula is C19H18F2N2O3. The quantitative estimate of drug-likeness (QED) is 0.904. The summed E-state index contributed by atoms with van der Waals surface area (Å²) in [7, 11) is 0. The van der Waals surface area contributed by atoms with E-state index in [0.29, 0.717) is 19.4 Å². The molecule has 0 bridgehead atoms. The van der Waals surface area contributed by atoms with Gasteiger partial charge in [-0.1, -0.05) is 36.4 Å². The van der Waals surface area contributed by atoms with E-state index in [9.17, 15) is 18.4 Å². The van der Waals surface area contributed by atoms with Crippen molar-refractivity contribution in [1.82, 2.24) is 4.90 Å². The minimum absolute atomic E-state index is 0.0897. The summed E-state index contributed by atoms with van der Waals surface area (Å²) < 4.78 is 32.7. The molecule has 0 saturated carbocycles. The fourth-order valence-electron chi connectivity index (χ4n) is 2.88. The standard InChI is InChI=1S/C19H18F2N2O3/c20-14-8-4-9-15(21)17(14)22-18(24)16-10-5-11-23(16)19(25)26-12-13-6-2-1-3-7-13/h1-4,6-9,16H,5,10-12H2,(H,22,24)/t16-/m1/s1. The number of nitrogens with one attached hydrogen (secondary N) is 1. The van der Waals surface area contributed by atoms with Crippen molar-refractivity contribution >= 4 is 17.7 Å². The van der Waals surface area contributed by atoms with E-state index in [1.165, 1.54) is 11.0 Å². The first-order valence-electron chi connectivity index (χ1n) is 8.28. The Morgan fingerprint density at radius 3 is 2.46 bits per heavy atom. The van der Waals surface area contributed by atoms with Crippen molar-refractivity contribution in [3.05, 3.63) is 65.7 Å². The number of nitrogens with zero attached hydrogens (tertiary/aromatic N) is 1. The van der Waals surface area contributed by atoms with E-state index in [2.05, 4.69) is 5.32 Å². The first-order valence-corrected chi connectivity index (χ1v) is 8.28. The highest BCUT2D eigenvalue weighted by Crippen LogP contribution is 2.23. The van der Waals surface area contributed by atoms with Crippen molar-refractivity contribution in [3.63, 3.8) is 0 Å². The fourth-order valence-corrected chi connectivity index (χ4v) is 2.88. The van der Waals surface area contributed by atoms with Crippen molar-refractivity contribution in [2.45, 2.75) is 25.5 Å². The van der Waals surface area contributed by atoms with Gasteiger partial charge >= 0.3 is 6.09 Å². The van der Waals surface area contributed by atoms with E-state index in [1.54, 1.807) is 0 Å². The molecule has 2 aromatic rings. The van der Waals surface area contributed by atoms with Gasteiger partial charge in [-0.3, -0.25) is 9.69 Å². The molecule has 0 radical (unpaired) electrons. The van der Waals surface area contributed by atoms with Crippen LogP contribution >= 0.6 is 0 Å². The zero-order valence-corrected chi connectivity index (χ0v) is 14.0. The normalized spacial score (nSPS) is 16.4. The molecule has 0 aromatic heterocycles. The van der Waals surface area contributed by atoms with Gasteiger partial charge in [-0.15, -0.1) is 0 Å². The number of hydrogen-bond acceptors (Lipinski definition) is 3. The van der Waals surface area contributed by atoms with E-state index < -0.39 is 35.4 Å². The molecule has 1 heterocycles. The number of benzene rings is 2. The molecule has 7 heteroatoms. The van der Waals surface area contributed by atoms with Crippen LogP contribution < -0.4 is 5.32 Å². The van der Waals surface area contributed by atoms with Crippen LogP contribution in [0.25, 0.3) is 0 Å². The van der Waals surface area contributed by atoms with Crippen LogP contribution in [0.5, 0.6) is 0 Å². The second kappa shape index (κ2) is 7.95. The number of hydrogen-bond donors (Lipinski definition) is 1. The number of halogens is 2. The van der Waals surface area contributed by atoms with Gasteiger partial charge in [-0.2, -0.15) is 0 Å². The molecule has 2 aromatic carbocycles. The predicted octanol–water partition coefficient (Wildman–Crippen LogP) is 3.70. The second-order valence-corrected chi connectivity index (χ2v) is 5.98. The van der Waals surface area contributed by atoms with Crippen LogP contribution in [0.15, 0.2) is 48.5 Å². The molecule has 136 valence electrons. The summed E-state index contributed by atoms with van der Waals surface area (Å²) in [5.41, 5.74) is 0.316. The van der Waals surface area contributed by atoms with E-state index in [-0.39, 0.29) is 6.61 Å². The number of likely N-dealkylation sites (tertiary alicyclic amines) is 1. The third-order valence-corrected chi connectivity index (χ3v) is 4.21. The number of carbonyl (C=O) groups is 2. The summed E-state index contributed by atoms with van der Waals surface area (Å²) in [6, 6.07) is 11.7. The maximum absolute atomic E-state index is 13.7. The van der Waals surface area contributed by atoms with E-state index in [0.717, 1.165) is 17.7 Å². The van der Waals surface area contributed by atoms with E-state index in [4.69, 9.17) is 4.74 Å². The van der Waals surface area contributed by atoms with Crippen LogP contribution in [0.2, 0.25) is 0 Å². The van der Waals surface area contributed by atoms with Crippen molar-refractivity contribution in [1.29, 1.82) is 0 Å². The molecule has 1 atom stereocenters. The van der Waals surface area contributed by atoms with Crippen LogP contribution in [0, 0.1) is 11.6 Å². The minimum Gasteiger partial charge on any atom is -0.445 e. The number of rotatable bonds is 4.